The molecule has 4 aromatic rings. The molecule has 0 amide bonds. The van der Waals surface area contributed by atoms with E-state index in [1.54, 1.807) is 28.8 Å². The maximum atomic E-state index is 13.4. The molecule has 3 aromatic heterocycles. The first kappa shape index (κ1) is 21.4. The van der Waals surface area contributed by atoms with Crippen LogP contribution in [0.3, 0.4) is 0 Å². The number of alkyl halides is 1. The number of hydrogen-bond acceptors (Lipinski definition) is 5. The first-order chi connectivity index (χ1) is 14.5. The maximum absolute atomic E-state index is 13.4. The van der Waals surface area contributed by atoms with Gasteiger partial charge in [0, 0.05) is 16.9 Å². The fourth-order valence-electron chi connectivity index (χ4n) is 3.26. The van der Waals surface area contributed by atoms with Crippen molar-refractivity contribution in [2.75, 3.05) is 24.1 Å². The summed E-state index contributed by atoms with van der Waals surface area (Å²) < 4.78 is 34.0. The Balaban J connectivity index is 1.80. The monoisotopic (exact) mass is 480 g/mol. The number of halogens is 1. The Labute approximate surface area is 188 Å². The van der Waals surface area contributed by atoms with E-state index in [2.05, 4.69) is 4.98 Å². The van der Waals surface area contributed by atoms with E-state index in [1.807, 2.05) is 43.3 Å². The van der Waals surface area contributed by atoms with Crippen molar-refractivity contribution in [3.8, 4) is 10.6 Å². The summed E-state index contributed by atoms with van der Waals surface area (Å²) >= 11 is 8.78. The van der Waals surface area contributed by atoms with Gasteiger partial charge in [-0.3, -0.25) is 4.31 Å². The lowest BCUT2D eigenvalue weighted by Gasteiger charge is -2.24. The lowest BCUT2D eigenvalue weighted by atomic mass is 10.2. The zero-order valence-corrected chi connectivity index (χ0v) is 19.5. The van der Waals surface area contributed by atoms with Crippen molar-refractivity contribution in [2.45, 2.75) is 17.0 Å². The number of benzene rings is 1. The van der Waals surface area contributed by atoms with E-state index in [1.165, 1.54) is 15.6 Å². The number of H-pyrrole nitrogens is 1. The predicted octanol–water partition coefficient (Wildman–Crippen LogP) is 5.93. The highest BCUT2D eigenvalue weighted by Crippen LogP contribution is 2.36. The summed E-state index contributed by atoms with van der Waals surface area (Å²) in [6.07, 6.45) is 0. The standard InChI is InChI=1S/C21H21ClN2O3S3/c1-2-27-11-10-24(30(25,26)20-7-4-12-28-20)18-6-3-5-15-13-17(23-21(15)18)19-9-8-16(14-22)29-19/h3-9,12-13,23H,2,10-11,14H2,1H3. The Bertz CT molecular complexity index is 1230. The molecule has 9 heteroatoms. The number of sulfonamides is 1. The molecule has 1 aromatic carbocycles. The zero-order chi connectivity index (χ0) is 21.1. The fraction of sp³-hybridized carbons (Fsp3) is 0.238. The molecule has 0 aliphatic rings. The summed E-state index contributed by atoms with van der Waals surface area (Å²) in [6, 6.07) is 15.2. The summed E-state index contributed by atoms with van der Waals surface area (Å²) in [5, 5.41) is 2.72. The number of rotatable bonds is 9. The van der Waals surface area contributed by atoms with Crippen LogP contribution >= 0.6 is 34.3 Å². The third-order valence-electron chi connectivity index (χ3n) is 4.64. The van der Waals surface area contributed by atoms with Crippen LogP contribution < -0.4 is 4.31 Å². The lowest BCUT2D eigenvalue weighted by Crippen LogP contribution is -2.34. The van der Waals surface area contributed by atoms with Crippen LogP contribution in [0, 0.1) is 0 Å². The molecule has 0 atom stereocenters. The molecule has 1 N–H and O–H groups in total. The third kappa shape index (κ3) is 4.15. The van der Waals surface area contributed by atoms with Crippen LogP contribution in [0.15, 0.2) is 58.1 Å². The highest BCUT2D eigenvalue weighted by Gasteiger charge is 2.27. The van der Waals surface area contributed by atoms with Crippen molar-refractivity contribution in [3.05, 3.63) is 58.8 Å². The number of hydrogen-bond donors (Lipinski definition) is 1. The fourth-order valence-corrected chi connectivity index (χ4v) is 6.90. The van der Waals surface area contributed by atoms with Gasteiger partial charge in [-0.05, 0) is 42.6 Å². The van der Waals surface area contributed by atoms with Crippen LogP contribution in [0.5, 0.6) is 0 Å². The lowest BCUT2D eigenvalue weighted by molar-refractivity contribution is 0.156. The molecule has 30 heavy (non-hydrogen) atoms. The van der Waals surface area contributed by atoms with Crippen molar-refractivity contribution in [1.29, 1.82) is 0 Å². The van der Waals surface area contributed by atoms with Crippen LogP contribution in [0.4, 0.5) is 5.69 Å². The minimum atomic E-state index is -3.70. The Morgan fingerprint density at radius 1 is 1.17 bits per heavy atom. The van der Waals surface area contributed by atoms with E-state index in [0.717, 1.165) is 26.4 Å². The molecule has 0 bridgehead atoms. The second kappa shape index (κ2) is 9.11. The quantitative estimate of drug-likeness (QED) is 0.238. The normalized spacial score (nSPS) is 11.9. The molecule has 158 valence electrons. The number of fused-ring (bicyclic) bond motifs is 1. The third-order valence-corrected chi connectivity index (χ3v) is 9.40. The van der Waals surface area contributed by atoms with Crippen molar-refractivity contribution in [1.82, 2.24) is 4.98 Å². The van der Waals surface area contributed by atoms with Gasteiger partial charge in [0.05, 0.1) is 40.8 Å². The van der Waals surface area contributed by atoms with E-state index in [0.29, 0.717) is 29.0 Å². The topological polar surface area (TPSA) is 62.4 Å². The number of para-hydroxylation sites is 1. The Morgan fingerprint density at radius 3 is 2.73 bits per heavy atom. The summed E-state index contributed by atoms with van der Waals surface area (Å²) in [7, 11) is -3.70. The van der Waals surface area contributed by atoms with E-state index in [9.17, 15) is 8.42 Å². The molecule has 0 unspecified atom stereocenters. The van der Waals surface area contributed by atoms with Crippen LogP contribution in [-0.2, 0) is 20.6 Å². The smallest absolute Gasteiger partial charge is 0.273 e. The number of ether oxygens (including phenoxy) is 1. The number of nitrogens with zero attached hydrogens (tertiary/aromatic N) is 1. The highest BCUT2D eigenvalue weighted by molar-refractivity contribution is 7.94. The van der Waals surface area contributed by atoms with Crippen molar-refractivity contribution < 1.29 is 13.2 Å². The first-order valence-electron chi connectivity index (χ1n) is 9.45. The Morgan fingerprint density at radius 2 is 2.03 bits per heavy atom. The predicted molar refractivity (Wildman–Crippen MR) is 127 cm³/mol. The van der Waals surface area contributed by atoms with Gasteiger partial charge in [0.2, 0.25) is 0 Å². The molecule has 0 fully saturated rings. The van der Waals surface area contributed by atoms with E-state index in [4.69, 9.17) is 16.3 Å². The van der Waals surface area contributed by atoms with E-state index >= 15 is 0 Å². The van der Waals surface area contributed by atoms with Gasteiger partial charge in [-0.15, -0.1) is 34.3 Å². The average molecular weight is 481 g/mol. The molecule has 0 saturated heterocycles. The maximum Gasteiger partial charge on any atom is 0.273 e. The molecule has 0 aliphatic heterocycles. The van der Waals surface area contributed by atoms with Crippen LogP contribution in [0.1, 0.15) is 11.8 Å². The van der Waals surface area contributed by atoms with Gasteiger partial charge in [-0.2, -0.15) is 0 Å². The van der Waals surface area contributed by atoms with Gasteiger partial charge in [0.1, 0.15) is 4.21 Å². The SMILES string of the molecule is CCOCCN(c1cccc2cc(-c3ccc(CCl)s3)[nH]c12)S(=O)(=O)c1cccs1. The number of aromatic amines is 1. The van der Waals surface area contributed by atoms with Gasteiger partial charge in [-0.25, -0.2) is 8.42 Å². The number of aromatic nitrogens is 1. The van der Waals surface area contributed by atoms with Gasteiger partial charge >= 0.3 is 0 Å². The van der Waals surface area contributed by atoms with E-state index in [-0.39, 0.29) is 6.54 Å². The van der Waals surface area contributed by atoms with Crippen molar-refractivity contribution in [2.24, 2.45) is 0 Å². The molecule has 4 rings (SSSR count). The Hall–Kier alpha value is -1.84. The van der Waals surface area contributed by atoms with Crippen molar-refractivity contribution >= 4 is 60.9 Å². The zero-order valence-electron chi connectivity index (χ0n) is 16.3. The Kier molecular flexibility index (Phi) is 6.50. The molecule has 0 spiro atoms. The average Bonchev–Trinajstić information content (AvgIpc) is 3.50. The van der Waals surface area contributed by atoms with Crippen molar-refractivity contribution in [3.63, 3.8) is 0 Å². The minimum absolute atomic E-state index is 0.233. The summed E-state index contributed by atoms with van der Waals surface area (Å²) in [5.41, 5.74) is 2.34. The second-order valence-electron chi connectivity index (χ2n) is 6.53. The molecular formula is C21H21ClN2O3S3. The number of anilines is 1. The van der Waals surface area contributed by atoms with Gasteiger partial charge in [-0.1, -0.05) is 18.2 Å². The number of nitrogens with one attached hydrogen (secondary N) is 1. The minimum Gasteiger partial charge on any atom is -0.380 e. The molecule has 0 radical (unpaired) electrons. The molecule has 5 nitrogen and oxygen atoms in total. The van der Waals surface area contributed by atoms with Gasteiger partial charge < -0.3 is 9.72 Å². The van der Waals surface area contributed by atoms with E-state index < -0.39 is 10.0 Å². The summed E-state index contributed by atoms with van der Waals surface area (Å²) in [6.45, 7) is 2.98. The number of thiophene rings is 2. The first-order valence-corrected chi connectivity index (χ1v) is 13.1. The molecule has 0 saturated carbocycles. The molecular weight excluding hydrogens is 460 g/mol. The van der Waals surface area contributed by atoms with Crippen LogP contribution in [0.25, 0.3) is 21.5 Å². The summed E-state index contributed by atoms with van der Waals surface area (Å²) in [5.74, 6) is 0.473. The largest absolute Gasteiger partial charge is 0.380 e. The molecule has 0 aliphatic carbocycles. The van der Waals surface area contributed by atoms with Gasteiger partial charge in [0.15, 0.2) is 0 Å². The van der Waals surface area contributed by atoms with Gasteiger partial charge in [0.25, 0.3) is 10.0 Å². The van der Waals surface area contributed by atoms with Crippen LogP contribution in [-0.4, -0.2) is 33.2 Å². The molecule has 3 heterocycles. The van der Waals surface area contributed by atoms with Crippen LogP contribution in [0.2, 0.25) is 0 Å². The second-order valence-corrected chi connectivity index (χ2v) is 11.0. The highest BCUT2D eigenvalue weighted by atomic mass is 35.5. The summed E-state index contributed by atoms with van der Waals surface area (Å²) in [4.78, 5) is 5.58.